The van der Waals surface area contributed by atoms with Crippen LogP contribution in [0.3, 0.4) is 0 Å². The Morgan fingerprint density at radius 1 is 1.33 bits per heavy atom. The zero-order chi connectivity index (χ0) is 17.1. The maximum Gasteiger partial charge on any atom is 0.223 e. The highest BCUT2D eigenvalue weighted by atomic mass is 19.1. The van der Waals surface area contributed by atoms with Gasteiger partial charge >= 0.3 is 0 Å². The van der Waals surface area contributed by atoms with Gasteiger partial charge < -0.3 is 14.7 Å². The standard InChI is InChI=1S/C18H23F2NO3/c19-13-4-5-15(20)12(10-13)3-6-18(23)21-8-1-2-16(21)14-11-24-9-7-17(14)22/h4-5,10,14,16-17,22H,1-3,6-9,11H2/t14-,16+,17-/m0/s1. The summed E-state index contributed by atoms with van der Waals surface area (Å²) in [6.45, 7) is 1.67. The van der Waals surface area contributed by atoms with Gasteiger partial charge in [-0.25, -0.2) is 8.78 Å². The fraction of sp³-hybridized carbons (Fsp3) is 0.611. The summed E-state index contributed by atoms with van der Waals surface area (Å²) in [5.74, 6) is -1.12. The number of rotatable bonds is 4. The Kier molecular flexibility index (Phi) is 5.46. The zero-order valence-corrected chi connectivity index (χ0v) is 13.6. The lowest BCUT2D eigenvalue weighted by atomic mass is 9.89. The van der Waals surface area contributed by atoms with E-state index in [1.54, 1.807) is 4.90 Å². The van der Waals surface area contributed by atoms with Gasteiger partial charge in [0.25, 0.3) is 0 Å². The molecule has 2 aliphatic heterocycles. The van der Waals surface area contributed by atoms with Gasteiger partial charge in [0.05, 0.1) is 12.7 Å². The van der Waals surface area contributed by atoms with Crippen molar-refractivity contribution in [1.29, 1.82) is 0 Å². The zero-order valence-electron chi connectivity index (χ0n) is 13.6. The largest absolute Gasteiger partial charge is 0.393 e. The van der Waals surface area contributed by atoms with Gasteiger partial charge in [-0.1, -0.05) is 0 Å². The third-order valence-electron chi connectivity index (χ3n) is 5.09. The minimum Gasteiger partial charge on any atom is -0.393 e. The molecule has 1 aromatic rings. The maximum atomic E-state index is 13.7. The summed E-state index contributed by atoms with van der Waals surface area (Å²) in [5, 5.41) is 10.2. The van der Waals surface area contributed by atoms with E-state index >= 15 is 0 Å². The second kappa shape index (κ2) is 7.57. The van der Waals surface area contributed by atoms with Gasteiger partial charge in [-0.2, -0.15) is 0 Å². The summed E-state index contributed by atoms with van der Waals surface area (Å²) in [4.78, 5) is 14.4. The molecule has 1 amide bonds. The Balaban J connectivity index is 1.62. The monoisotopic (exact) mass is 339 g/mol. The Morgan fingerprint density at radius 2 is 2.17 bits per heavy atom. The van der Waals surface area contributed by atoms with Crippen molar-refractivity contribution in [1.82, 2.24) is 4.90 Å². The number of ether oxygens (including phenoxy) is 1. The summed E-state index contributed by atoms with van der Waals surface area (Å²) in [6, 6.07) is 3.28. The highest BCUT2D eigenvalue weighted by Gasteiger charge is 2.39. The fourth-order valence-electron chi connectivity index (χ4n) is 3.78. The van der Waals surface area contributed by atoms with Crippen molar-refractivity contribution in [2.75, 3.05) is 19.8 Å². The molecule has 6 heteroatoms. The first kappa shape index (κ1) is 17.3. The number of carbonyl (C=O) groups excluding carboxylic acids is 1. The first-order chi connectivity index (χ1) is 11.6. The molecule has 0 unspecified atom stereocenters. The molecule has 1 N–H and O–H groups in total. The van der Waals surface area contributed by atoms with Crippen molar-refractivity contribution in [3.63, 3.8) is 0 Å². The molecule has 2 fully saturated rings. The number of amides is 1. The van der Waals surface area contributed by atoms with Crippen molar-refractivity contribution < 1.29 is 23.4 Å². The van der Waals surface area contributed by atoms with Crippen LogP contribution in [-0.4, -0.2) is 47.8 Å². The van der Waals surface area contributed by atoms with Gasteiger partial charge in [0, 0.05) is 31.5 Å². The van der Waals surface area contributed by atoms with Crippen LogP contribution in [-0.2, 0) is 16.0 Å². The van der Waals surface area contributed by atoms with Crippen molar-refractivity contribution in [2.45, 2.75) is 44.2 Å². The minimum absolute atomic E-state index is 0.0230. The van der Waals surface area contributed by atoms with Gasteiger partial charge in [0.1, 0.15) is 11.6 Å². The van der Waals surface area contributed by atoms with E-state index in [2.05, 4.69) is 0 Å². The molecular weight excluding hydrogens is 316 g/mol. The highest BCUT2D eigenvalue weighted by Crippen LogP contribution is 2.30. The quantitative estimate of drug-likeness (QED) is 0.916. The molecule has 4 nitrogen and oxygen atoms in total. The molecule has 0 aromatic heterocycles. The number of aliphatic hydroxyl groups is 1. The highest BCUT2D eigenvalue weighted by molar-refractivity contribution is 5.77. The number of carbonyl (C=O) groups is 1. The number of nitrogens with zero attached hydrogens (tertiary/aromatic N) is 1. The van der Waals surface area contributed by atoms with Crippen LogP contribution in [0.2, 0.25) is 0 Å². The van der Waals surface area contributed by atoms with Gasteiger partial charge in [-0.05, 0) is 49.4 Å². The second-order valence-electron chi connectivity index (χ2n) is 6.63. The van der Waals surface area contributed by atoms with E-state index in [-0.39, 0.29) is 36.3 Å². The fourth-order valence-corrected chi connectivity index (χ4v) is 3.78. The lowest BCUT2D eigenvalue weighted by Gasteiger charge is -2.37. The third-order valence-corrected chi connectivity index (χ3v) is 5.09. The van der Waals surface area contributed by atoms with Crippen LogP contribution in [0.5, 0.6) is 0 Å². The van der Waals surface area contributed by atoms with E-state index in [9.17, 15) is 18.7 Å². The van der Waals surface area contributed by atoms with Crippen molar-refractivity contribution in [3.05, 3.63) is 35.4 Å². The van der Waals surface area contributed by atoms with Gasteiger partial charge in [-0.3, -0.25) is 4.79 Å². The first-order valence-corrected chi connectivity index (χ1v) is 8.55. The SMILES string of the molecule is O=C(CCc1cc(F)ccc1F)N1CCC[C@@H]1[C@@H]1COCC[C@@H]1O. The lowest BCUT2D eigenvalue weighted by molar-refractivity contribution is -0.136. The number of benzene rings is 1. The van der Waals surface area contributed by atoms with Crippen LogP contribution in [0, 0.1) is 17.6 Å². The number of hydrogen-bond acceptors (Lipinski definition) is 3. The molecule has 3 atom stereocenters. The smallest absolute Gasteiger partial charge is 0.223 e. The third kappa shape index (κ3) is 3.75. The number of hydrogen-bond donors (Lipinski definition) is 1. The summed E-state index contributed by atoms with van der Waals surface area (Å²) >= 11 is 0. The molecule has 0 radical (unpaired) electrons. The second-order valence-corrected chi connectivity index (χ2v) is 6.63. The predicted octanol–water partition coefficient (Wildman–Crippen LogP) is 2.29. The van der Waals surface area contributed by atoms with Crippen LogP contribution in [0.1, 0.15) is 31.2 Å². The molecule has 0 saturated carbocycles. The normalized spacial score (nSPS) is 27.5. The predicted molar refractivity (Wildman–Crippen MR) is 84.3 cm³/mol. The van der Waals surface area contributed by atoms with E-state index in [0.717, 1.165) is 31.0 Å². The summed E-state index contributed by atoms with van der Waals surface area (Å²) in [7, 11) is 0. The van der Waals surface area contributed by atoms with Crippen LogP contribution < -0.4 is 0 Å². The molecule has 2 heterocycles. The molecule has 132 valence electrons. The molecule has 3 rings (SSSR count). The Labute approximate surface area is 140 Å². The van der Waals surface area contributed by atoms with Gasteiger partial charge in [0.15, 0.2) is 0 Å². The Hall–Kier alpha value is -1.53. The van der Waals surface area contributed by atoms with Crippen LogP contribution >= 0.6 is 0 Å². The molecule has 0 aliphatic carbocycles. The van der Waals surface area contributed by atoms with Crippen molar-refractivity contribution >= 4 is 5.91 Å². The van der Waals surface area contributed by atoms with Crippen LogP contribution in [0.25, 0.3) is 0 Å². The van der Waals surface area contributed by atoms with E-state index in [1.807, 2.05) is 0 Å². The molecule has 2 saturated heterocycles. The van der Waals surface area contributed by atoms with Crippen molar-refractivity contribution in [3.8, 4) is 0 Å². The molecule has 24 heavy (non-hydrogen) atoms. The maximum absolute atomic E-state index is 13.7. The number of halogens is 2. The minimum atomic E-state index is -0.500. The summed E-state index contributed by atoms with van der Waals surface area (Å²) < 4.78 is 32.4. The molecule has 1 aromatic carbocycles. The molecule has 0 spiro atoms. The van der Waals surface area contributed by atoms with E-state index in [4.69, 9.17) is 4.74 Å². The Bertz CT molecular complexity index is 596. The van der Waals surface area contributed by atoms with Gasteiger partial charge in [0.2, 0.25) is 5.91 Å². The summed E-state index contributed by atoms with van der Waals surface area (Å²) in [5.41, 5.74) is 0.222. The Morgan fingerprint density at radius 3 is 2.96 bits per heavy atom. The number of likely N-dealkylation sites (tertiary alicyclic amines) is 1. The average molecular weight is 339 g/mol. The van der Waals surface area contributed by atoms with Gasteiger partial charge in [-0.15, -0.1) is 0 Å². The first-order valence-electron chi connectivity index (χ1n) is 8.55. The van der Waals surface area contributed by atoms with E-state index < -0.39 is 17.7 Å². The topological polar surface area (TPSA) is 49.8 Å². The molecular formula is C18H23F2NO3. The van der Waals surface area contributed by atoms with E-state index in [1.165, 1.54) is 0 Å². The molecule has 2 aliphatic rings. The van der Waals surface area contributed by atoms with E-state index in [0.29, 0.717) is 26.2 Å². The van der Waals surface area contributed by atoms with Crippen LogP contribution in [0.4, 0.5) is 8.78 Å². The van der Waals surface area contributed by atoms with Crippen molar-refractivity contribution in [2.24, 2.45) is 5.92 Å². The molecule has 0 bridgehead atoms. The number of aliphatic hydroxyl groups excluding tert-OH is 1. The van der Waals surface area contributed by atoms with Crippen LogP contribution in [0.15, 0.2) is 18.2 Å². The number of aryl methyl sites for hydroxylation is 1. The lowest BCUT2D eigenvalue weighted by Crippen LogP contribution is -2.48. The average Bonchev–Trinajstić information content (AvgIpc) is 3.05. The summed E-state index contributed by atoms with van der Waals surface area (Å²) in [6.07, 6.45) is 2.21.